The zero-order chi connectivity index (χ0) is 10.7. The van der Waals surface area contributed by atoms with Crippen LogP contribution in [-0.4, -0.2) is 26.7 Å². The van der Waals surface area contributed by atoms with Crippen molar-refractivity contribution >= 4 is 33.8 Å². The summed E-state index contributed by atoms with van der Waals surface area (Å²) in [5.74, 6) is -0.563. The Morgan fingerprint density at radius 2 is 2.21 bits per heavy atom. The zero-order valence-electron chi connectivity index (χ0n) is 6.90. The number of nitrogens with zero attached hydrogens (tertiary/aromatic N) is 3. The van der Waals surface area contributed by atoms with Crippen molar-refractivity contribution in [1.29, 1.82) is 0 Å². The number of nitrogens with two attached hydrogens (primary N) is 2. The van der Waals surface area contributed by atoms with E-state index in [1.807, 2.05) is 5.32 Å². The molecule has 0 aromatic carbocycles. The van der Waals surface area contributed by atoms with Crippen molar-refractivity contribution in [3.8, 4) is 0 Å². The number of imide groups is 1. The summed E-state index contributed by atoms with van der Waals surface area (Å²) < 4.78 is 1.49. The highest BCUT2D eigenvalue weighted by molar-refractivity contribution is 9.10. The monoisotopic (exact) mass is 262 g/mol. The first kappa shape index (κ1) is 10.4. The van der Waals surface area contributed by atoms with E-state index >= 15 is 0 Å². The number of primary amides is 1. The van der Waals surface area contributed by atoms with Crippen LogP contribution in [0, 0.1) is 0 Å². The molecular weight excluding hydrogens is 256 g/mol. The first-order valence-electron chi connectivity index (χ1n) is 3.44. The van der Waals surface area contributed by atoms with Crippen LogP contribution in [0.15, 0.2) is 4.73 Å². The first-order valence-corrected chi connectivity index (χ1v) is 4.23. The Morgan fingerprint density at radius 3 is 2.64 bits per heavy atom. The highest BCUT2D eigenvalue weighted by Crippen LogP contribution is 2.06. The quantitative estimate of drug-likeness (QED) is 0.618. The first-order chi connectivity index (χ1) is 6.49. The van der Waals surface area contributed by atoms with E-state index in [1.54, 1.807) is 0 Å². The predicted molar refractivity (Wildman–Crippen MR) is 49.9 cm³/mol. The second-order valence-corrected chi connectivity index (χ2v) is 3.02. The number of carbonyl (C=O) groups is 2. The number of aromatic nitrogens is 3. The molecule has 0 fully saturated rings. The van der Waals surface area contributed by atoms with E-state index in [1.165, 1.54) is 4.68 Å². The molecule has 1 heterocycles. The number of hydrogen-bond donors (Lipinski definition) is 3. The minimum atomic E-state index is -0.917. The molecule has 1 aromatic heterocycles. The Balaban J connectivity index is 2.64. The summed E-state index contributed by atoms with van der Waals surface area (Å²) in [7, 11) is 0. The van der Waals surface area contributed by atoms with Gasteiger partial charge in [0.25, 0.3) is 0 Å². The minimum Gasteiger partial charge on any atom is -0.366 e. The number of carbonyl (C=O) groups excluding carboxylic acids is 2. The average molecular weight is 263 g/mol. The van der Waals surface area contributed by atoms with Gasteiger partial charge in [0, 0.05) is 0 Å². The second-order valence-electron chi connectivity index (χ2n) is 2.31. The number of anilines is 1. The van der Waals surface area contributed by atoms with Crippen molar-refractivity contribution in [3.63, 3.8) is 0 Å². The van der Waals surface area contributed by atoms with Gasteiger partial charge >= 0.3 is 6.03 Å². The number of amides is 3. The summed E-state index contributed by atoms with van der Waals surface area (Å²) in [6, 6.07) is -0.917. The maximum Gasteiger partial charge on any atom is 0.318 e. The normalized spacial score (nSPS) is 9.79. The second kappa shape index (κ2) is 4.05. The molecule has 0 aliphatic heterocycles. The molecule has 1 rings (SSSR count). The van der Waals surface area contributed by atoms with Crippen LogP contribution in [0.1, 0.15) is 0 Å². The zero-order valence-corrected chi connectivity index (χ0v) is 8.48. The van der Waals surface area contributed by atoms with E-state index in [2.05, 4.69) is 26.0 Å². The lowest BCUT2D eigenvalue weighted by atomic mass is 10.6. The van der Waals surface area contributed by atoms with Gasteiger partial charge in [0.05, 0.1) is 0 Å². The van der Waals surface area contributed by atoms with Crippen molar-refractivity contribution in [2.24, 2.45) is 5.73 Å². The number of rotatable bonds is 2. The van der Waals surface area contributed by atoms with E-state index in [0.29, 0.717) is 4.73 Å². The van der Waals surface area contributed by atoms with E-state index < -0.39 is 11.9 Å². The van der Waals surface area contributed by atoms with Crippen LogP contribution in [0.4, 0.5) is 10.7 Å². The van der Waals surface area contributed by atoms with Crippen LogP contribution in [0.5, 0.6) is 0 Å². The lowest BCUT2D eigenvalue weighted by Gasteiger charge is -2.00. The number of halogens is 1. The Hall–Kier alpha value is -1.64. The Bertz CT molecular complexity index is 374. The number of nitrogens with one attached hydrogen (secondary N) is 1. The van der Waals surface area contributed by atoms with Gasteiger partial charge in [-0.3, -0.25) is 10.1 Å². The van der Waals surface area contributed by atoms with Gasteiger partial charge in [-0.15, -0.1) is 5.10 Å². The Kier molecular flexibility index (Phi) is 3.02. The van der Waals surface area contributed by atoms with Gasteiger partial charge in [-0.1, -0.05) is 0 Å². The summed E-state index contributed by atoms with van der Waals surface area (Å²) in [6.45, 7) is -0.187. The molecule has 0 radical (unpaired) electrons. The SMILES string of the molecule is NC(=O)NC(=O)Cn1nc(N)nc1Br. The molecule has 8 nitrogen and oxygen atoms in total. The predicted octanol–water partition coefficient (Wildman–Crippen LogP) is -1.18. The number of urea groups is 1. The van der Waals surface area contributed by atoms with Crippen molar-refractivity contribution in [2.75, 3.05) is 5.73 Å². The average Bonchev–Trinajstić information content (AvgIpc) is 2.28. The molecule has 0 spiro atoms. The third kappa shape index (κ3) is 2.69. The summed E-state index contributed by atoms with van der Waals surface area (Å²) in [5.41, 5.74) is 10.00. The number of hydrogen-bond acceptors (Lipinski definition) is 5. The molecule has 5 N–H and O–H groups in total. The Labute approximate surface area is 86.8 Å². The minimum absolute atomic E-state index is 0.0313. The molecule has 14 heavy (non-hydrogen) atoms. The third-order valence-electron chi connectivity index (χ3n) is 1.20. The van der Waals surface area contributed by atoms with Crippen LogP contribution >= 0.6 is 15.9 Å². The summed E-state index contributed by atoms with van der Waals surface area (Å²) in [4.78, 5) is 25.0. The van der Waals surface area contributed by atoms with Gasteiger partial charge in [0.15, 0.2) is 4.73 Å². The van der Waals surface area contributed by atoms with E-state index in [4.69, 9.17) is 11.5 Å². The van der Waals surface area contributed by atoms with Gasteiger partial charge in [-0.2, -0.15) is 4.98 Å². The van der Waals surface area contributed by atoms with Crippen molar-refractivity contribution in [2.45, 2.75) is 6.54 Å². The summed E-state index contributed by atoms with van der Waals surface area (Å²) in [5, 5.41) is 5.56. The van der Waals surface area contributed by atoms with Gasteiger partial charge in [0.2, 0.25) is 11.9 Å². The molecule has 0 saturated carbocycles. The smallest absolute Gasteiger partial charge is 0.318 e. The molecule has 0 aliphatic carbocycles. The Morgan fingerprint density at radius 1 is 1.57 bits per heavy atom. The highest BCUT2D eigenvalue weighted by atomic mass is 79.9. The largest absolute Gasteiger partial charge is 0.366 e. The fourth-order valence-electron chi connectivity index (χ4n) is 0.753. The highest BCUT2D eigenvalue weighted by Gasteiger charge is 2.10. The lowest BCUT2D eigenvalue weighted by Crippen LogP contribution is -2.37. The van der Waals surface area contributed by atoms with E-state index in [9.17, 15) is 9.59 Å². The molecule has 0 bridgehead atoms. The van der Waals surface area contributed by atoms with Crippen LogP contribution in [-0.2, 0) is 11.3 Å². The molecule has 9 heteroatoms. The van der Waals surface area contributed by atoms with E-state index in [-0.39, 0.29) is 12.5 Å². The standard InChI is InChI=1S/C5H7BrN6O2/c6-3-10-4(7)11-12(3)1-2(13)9-5(8)14/h1H2,(H2,7,11)(H3,8,9,13,14). The van der Waals surface area contributed by atoms with Crippen molar-refractivity contribution in [3.05, 3.63) is 4.73 Å². The van der Waals surface area contributed by atoms with E-state index in [0.717, 1.165) is 0 Å². The molecule has 76 valence electrons. The van der Waals surface area contributed by atoms with Crippen molar-refractivity contribution < 1.29 is 9.59 Å². The molecular formula is C5H7BrN6O2. The molecule has 0 saturated heterocycles. The van der Waals surface area contributed by atoms with Crippen LogP contribution in [0.25, 0.3) is 0 Å². The van der Waals surface area contributed by atoms with Crippen LogP contribution in [0.2, 0.25) is 0 Å². The van der Waals surface area contributed by atoms with Gasteiger partial charge in [0.1, 0.15) is 6.54 Å². The van der Waals surface area contributed by atoms with Gasteiger partial charge in [-0.05, 0) is 15.9 Å². The van der Waals surface area contributed by atoms with Gasteiger partial charge < -0.3 is 11.5 Å². The maximum atomic E-state index is 11.0. The molecule has 0 aliphatic rings. The lowest BCUT2D eigenvalue weighted by molar-refractivity contribution is -0.120. The molecule has 3 amide bonds. The third-order valence-corrected chi connectivity index (χ3v) is 1.79. The van der Waals surface area contributed by atoms with Crippen LogP contribution < -0.4 is 16.8 Å². The van der Waals surface area contributed by atoms with Crippen molar-refractivity contribution in [1.82, 2.24) is 20.1 Å². The van der Waals surface area contributed by atoms with Crippen LogP contribution in [0.3, 0.4) is 0 Å². The molecule has 0 unspecified atom stereocenters. The molecule has 1 aromatic rings. The summed E-state index contributed by atoms with van der Waals surface area (Å²) in [6.07, 6.45) is 0. The summed E-state index contributed by atoms with van der Waals surface area (Å²) >= 11 is 3.02. The molecule has 0 atom stereocenters. The van der Waals surface area contributed by atoms with Gasteiger partial charge in [-0.25, -0.2) is 9.48 Å². The number of nitrogen functional groups attached to an aromatic ring is 1. The fourth-order valence-corrected chi connectivity index (χ4v) is 1.14. The fraction of sp³-hybridized carbons (Fsp3) is 0.200. The maximum absolute atomic E-state index is 11.0. The topological polar surface area (TPSA) is 129 Å².